The number of rotatable bonds is 9. The van der Waals surface area contributed by atoms with Gasteiger partial charge in [0.25, 0.3) is 5.91 Å². The van der Waals surface area contributed by atoms with Crippen molar-refractivity contribution >= 4 is 34.4 Å². The predicted octanol–water partition coefficient (Wildman–Crippen LogP) is 5.98. The van der Waals surface area contributed by atoms with E-state index in [9.17, 15) is 14.4 Å². The second-order valence-corrected chi connectivity index (χ2v) is 10.2. The van der Waals surface area contributed by atoms with E-state index < -0.39 is 17.7 Å². The maximum atomic E-state index is 13.8. The molecule has 3 aromatic rings. The quantitative estimate of drug-likeness (QED) is 0.376. The lowest BCUT2D eigenvalue weighted by atomic mass is 10.0. The second-order valence-electron chi connectivity index (χ2n) is 10.2. The van der Waals surface area contributed by atoms with Gasteiger partial charge < -0.3 is 20.3 Å². The molecule has 0 aliphatic heterocycles. The minimum absolute atomic E-state index is 0.274. The van der Waals surface area contributed by atoms with Crippen molar-refractivity contribution in [1.29, 1.82) is 0 Å². The Labute approximate surface area is 219 Å². The zero-order valence-electron chi connectivity index (χ0n) is 22.3. The Morgan fingerprint density at radius 3 is 2.27 bits per heavy atom. The Balaban J connectivity index is 1.89. The minimum atomic E-state index is -0.869. The van der Waals surface area contributed by atoms with Gasteiger partial charge in [-0.2, -0.15) is 0 Å². The first-order valence-electron chi connectivity index (χ1n) is 12.7. The molecule has 3 aromatic carbocycles. The molecule has 0 bridgehead atoms. The molecule has 37 heavy (non-hydrogen) atoms. The van der Waals surface area contributed by atoms with E-state index in [4.69, 9.17) is 4.74 Å². The normalized spacial score (nSPS) is 12.0. The summed E-state index contributed by atoms with van der Waals surface area (Å²) in [5.74, 6) is -0.681. The Hall–Kier alpha value is -3.87. The summed E-state index contributed by atoms with van der Waals surface area (Å²) < 4.78 is 5.27. The third-order valence-electron chi connectivity index (χ3n) is 5.83. The third kappa shape index (κ3) is 8.07. The first-order chi connectivity index (χ1) is 17.6. The summed E-state index contributed by atoms with van der Waals surface area (Å²) in [7, 11) is 0. The smallest absolute Gasteiger partial charge is 0.408 e. The fraction of sp³-hybridized carbons (Fsp3) is 0.367. The molecule has 7 heteroatoms. The maximum Gasteiger partial charge on any atom is 0.408 e. The molecule has 0 aliphatic rings. The van der Waals surface area contributed by atoms with Crippen molar-refractivity contribution in [2.75, 3.05) is 18.4 Å². The molecule has 0 radical (unpaired) electrons. The van der Waals surface area contributed by atoms with Crippen molar-refractivity contribution in [2.24, 2.45) is 0 Å². The van der Waals surface area contributed by atoms with Crippen LogP contribution < -0.4 is 10.6 Å². The van der Waals surface area contributed by atoms with E-state index in [1.807, 2.05) is 80.6 Å². The molecule has 2 N–H and O–H groups in total. The SMILES string of the molecule is CCCCN(C(=O)CNC(=O)OC(C)(C)C)C(C(=O)Nc1ccc2ccccc2c1)c1ccc(C)cc1. The molecule has 0 aliphatic carbocycles. The second kappa shape index (κ2) is 12.4. The van der Waals surface area contributed by atoms with E-state index in [-0.39, 0.29) is 18.4 Å². The highest BCUT2D eigenvalue weighted by Crippen LogP contribution is 2.26. The number of alkyl carbamates (subject to hydrolysis) is 1. The Kier molecular flexibility index (Phi) is 9.28. The number of fused-ring (bicyclic) bond motifs is 1. The first kappa shape index (κ1) is 27.7. The van der Waals surface area contributed by atoms with Crippen LogP contribution in [-0.2, 0) is 14.3 Å². The molecule has 1 unspecified atom stereocenters. The molecule has 0 heterocycles. The topological polar surface area (TPSA) is 87.7 Å². The number of anilines is 1. The maximum absolute atomic E-state index is 13.8. The predicted molar refractivity (Wildman–Crippen MR) is 147 cm³/mol. The van der Waals surface area contributed by atoms with Gasteiger partial charge in [0, 0.05) is 12.2 Å². The van der Waals surface area contributed by atoms with E-state index in [0.29, 0.717) is 24.2 Å². The monoisotopic (exact) mass is 503 g/mol. The summed E-state index contributed by atoms with van der Waals surface area (Å²) in [6.45, 7) is 9.36. The number of amides is 3. The average Bonchev–Trinajstić information content (AvgIpc) is 2.84. The van der Waals surface area contributed by atoms with Gasteiger partial charge in [0.2, 0.25) is 5.91 Å². The summed E-state index contributed by atoms with van der Waals surface area (Å²) in [5.41, 5.74) is 1.72. The molecule has 0 saturated heterocycles. The number of nitrogens with one attached hydrogen (secondary N) is 2. The van der Waals surface area contributed by atoms with Crippen LogP contribution in [0.3, 0.4) is 0 Å². The highest BCUT2D eigenvalue weighted by Gasteiger charge is 2.31. The average molecular weight is 504 g/mol. The molecule has 3 rings (SSSR count). The van der Waals surface area contributed by atoms with E-state index in [2.05, 4.69) is 10.6 Å². The molecule has 0 fully saturated rings. The molecule has 196 valence electrons. The van der Waals surface area contributed by atoms with Crippen LogP contribution in [0.4, 0.5) is 10.5 Å². The number of nitrogens with zero attached hydrogens (tertiary/aromatic N) is 1. The Bertz CT molecular complexity index is 1230. The molecule has 0 aromatic heterocycles. The van der Waals surface area contributed by atoms with Gasteiger partial charge in [-0.3, -0.25) is 9.59 Å². The van der Waals surface area contributed by atoms with Crippen molar-refractivity contribution in [2.45, 2.75) is 59.1 Å². The number of ether oxygens (including phenoxy) is 1. The van der Waals surface area contributed by atoms with Crippen LogP contribution in [-0.4, -0.2) is 41.5 Å². The van der Waals surface area contributed by atoms with Crippen LogP contribution in [0, 0.1) is 6.92 Å². The van der Waals surface area contributed by atoms with Crippen LogP contribution in [0.25, 0.3) is 10.8 Å². The molecule has 7 nitrogen and oxygen atoms in total. The summed E-state index contributed by atoms with van der Waals surface area (Å²) in [4.78, 5) is 40.9. The van der Waals surface area contributed by atoms with Gasteiger partial charge >= 0.3 is 6.09 Å². The zero-order valence-corrected chi connectivity index (χ0v) is 22.3. The summed E-state index contributed by atoms with van der Waals surface area (Å²) in [6, 6.07) is 20.4. The van der Waals surface area contributed by atoms with Crippen molar-refractivity contribution in [3.8, 4) is 0 Å². The van der Waals surface area contributed by atoms with Gasteiger partial charge in [0.1, 0.15) is 18.2 Å². The number of benzene rings is 3. The molecule has 0 spiro atoms. The molecular formula is C30H37N3O4. The number of carbonyl (C=O) groups is 3. The fourth-order valence-corrected chi connectivity index (χ4v) is 3.99. The van der Waals surface area contributed by atoms with E-state index in [0.717, 1.165) is 22.8 Å². The van der Waals surface area contributed by atoms with Gasteiger partial charge in [-0.05, 0) is 62.6 Å². The van der Waals surface area contributed by atoms with Gasteiger partial charge in [0.05, 0.1) is 0 Å². The van der Waals surface area contributed by atoms with Crippen LogP contribution in [0.2, 0.25) is 0 Å². The number of carbonyl (C=O) groups excluding carboxylic acids is 3. The third-order valence-corrected chi connectivity index (χ3v) is 5.83. The van der Waals surface area contributed by atoms with Crippen molar-refractivity contribution in [3.05, 3.63) is 77.9 Å². The van der Waals surface area contributed by atoms with Crippen LogP contribution in [0.5, 0.6) is 0 Å². The molecule has 3 amide bonds. The van der Waals surface area contributed by atoms with Gasteiger partial charge in [-0.1, -0.05) is 73.5 Å². The van der Waals surface area contributed by atoms with E-state index in [1.54, 1.807) is 25.7 Å². The zero-order chi connectivity index (χ0) is 27.0. The molecule has 0 saturated carbocycles. The van der Waals surface area contributed by atoms with Crippen molar-refractivity contribution in [1.82, 2.24) is 10.2 Å². The van der Waals surface area contributed by atoms with E-state index in [1.165, 1.54) is 0 Å². The van der Waals surface area contributed by atoms with E-state index >= 15 is 0 Å². The van der Waals surface area contributed by atoms with Crippen molar-refractivity contribution < 1.29 is 19.1 Å². The lowest BCUT2D eigenvalue weighted by Gasteiger charge is -2.32. The highest BCUT2D eigenvalue weighted by molar-refractivity contribution is 6.00. The first-order valence-corrected chi connectivity index (χ1v) is 12.7. The van der Waals surface area contributed by atoms with Gasteiger partial charge in [0.15, 0.2) is 0 Å². The van der Waals surface area contributed by atoms with Crippen LogP contribution >= 0.6 is 0 Å². The summed E-state index contributed by atoms with van der Waals surface area (Å²) in [5, 5.41) is 7.63. The van der Waals surface area contributed by atoms with Crippen LogP contribution in [0.1, 0.15) is 57.7 Å². The molecular weight excluding hydrogens is 466 g/mol. The number of hydrogen-bond acceptors (Lipinski definition) is 4. The highest BCUT2D eigenvalue weighted by atomic mass is 16.6. The van der Waals surface area contributed by atoms with Crippen LogP contribution in [0.15, 0.2) is 66.7 Å². The van der Waals surface area contributed by atoms with Crippen molar-refractivity contribution in [3.63, 3.8) is 0 Å². The number of hydrogen-bond donors (Lipinski definition) is 2. The summed E-state index contributed by atoms with van der Waals surface area (Å²) in [6.07, 6.45) is 0.878. The largest absolute Gasteiger partial charge is 0.444 e. The Morgan fingerprint density at radius 2 is 1.62 bits per heavy atom. The Morgan fingerprint density at radius 1 is 0.946 bits per heavy atom. The lowest BCUT2D eigenvalue weighted by Crippen LogP contribution is -2.46. The fourth-order valence-electron chi connectivity index (χ4n) is 3.99. The summed E-state index contributed by atoms with van der Waals surface area (Å²) >= 11 is 0. The molecule has 1 atom stereocenters. The minimum Gasteiger partial charge on any atom is -0.444 e. The van der Waals surface area contributed by atoms with Gasteiger partial charge in [-0.25, -0.2) is 4.79 Å². The number of unbranched alkanes of at least 4 members (excludes halogenated alkanes) is 1. The standard InChI is InChI=1S/C30H37N3O4/c1-6-7-18-33(26(34)20-31-29(36)37-30(3,4)5)27(23-14-12-21(2)13-15-23)28(35)32-25-17-16-22-10-8-9-11-24(22)19-25/h8-17,19,27H,6-7,18,20H2,1-5H3,(H,31,36)(H,32,35). The lowest BCUT2D eigenvalue weighted by molar-refractivity contribution is -0.138. The number of aryl methyl sites for hydroxylation is 1. The van der Waals surface area contributed by atoms with Gasteiger partial charge in [-0.15, -0.1) is 0 Å².